The first-order valence-electron chi connectivity index (χ1n) is 6.76. The van der Waals surface area contributed by atoms with Gasteiger partial charge in [-0.1, -0.05) is 25.4 Å². The predicted octanol–water partition coefficient (Wildman–Crippen LogP) is 5.63. The molecule has 0 aliphatic heterocycles. The van der Waals surface area contributed by atoms with Crippen LogP contribution in [0.15, 0.2) is 16.5 Å². The molecule has 1 fully saturated rings. The lowest BCUT2D eigenvalue weighted by Gasteiger charge is -2.05. The average Bonchev–Trinajstić information content (AvgIpc) is 3.25. The van der Waals surface area contributed by atoms with Crippen LogP contribution in [0.2, 0.25) is 5.02 Å². The molecule has 0 spiro atoms. The van der Waals surface area contributed by atoms with E-state index in [9.17, 15) is 13.6 Å². The first kappa shape index (κ1) is 15.8. The number of halogens is 3. The minimum atomic E-state index is -2.73. The Labute approximate surface area is 125 Å². The van der Waals surface area contributed by atoms with E-state index < -0.39 is 18.2 Å². The Morgan fingerprint density at radius 2 is 2.00 bits per heavy atom. The monoisotopic (exact) mass is 316 g/mol. The van der Waals surface area contributed by atoms with Crippen LogP contribution in [-0.2, 0) is 0 Å². The summed E-state index contributed by atoms with van der Waals surface area (Å²) >= 11 is 5.91. The molecule has 3 nitrogen and oxygen atoms in total. The Morgan fingerprint density at radius 3 is 2.48 bits per heavy atom. The number of rotatable bonds is 3. The van der Waals surface area contributed by atoms with Crippen molar-refractivity contribution in [2.24, 2.45) is 0 Å². The van der Waals surface area contributed by atoms with Crippen LogP contribution < -0.4 is 0 Å². The summed E-state index contributed by atoms with van der Waals surface area (Å²) in [6.45, 7) is 4.00. The van der Waals surface area contributed by atoms with Gasteiger partial charge in [0, 0.05) is 5.39 Å². The quantitative estimate of drug-likeness (QED) is 0.798. The second-order valence-corrected chi connectivity index (χ2v) is 4.99. The van der Waals surface area contributed by atoms with Crippen LogP contribution in [0.25, 0.3) is 11.0 Å². The van der Waals surface area contributed by atoms with Gasteiger partial charge in [-0.15, -0.1) is 0 Å². The zero-order valence-electron chi connectivity index (χ0n) is 11.6. The lowest BCUT2D eigenvalue weighted by atomic mass is 10.0. The van der Waals surface area contributed by atoms with Crippen molar-refractivity contribution in [3.63, 3.8) is 0 Å². The first-order valence-corrected chi connectivity index (χ1v) is 7.14. The molecule has 0 amide bonds. The lowest BCUT2D eigenvalue weighted by Crippen LogP contribution is -1.93. The maximum Gasteiger partial charge on any atom is 0.373 e. The van der Waals surface area contributed by atoms with Crippen LogP contribution in [0.5, 0.6) is 0 Å². The van der Waals surface area contributed by atoms with Gasteiger partial charge in [-0.3, -0.25) is 0 Å². The number of hydrogen-bond acceptors (Lipinski definition) is 2. The van der Waals surface area contributed by atoms with Gasteiger partial charge in [0.25, 0.3) is 6.43 Å². The second kappa shape index (κ2) is 6.02. The van der Waals surface area contributed by atoms with E-state index in [0.717, 1.165) is 18.4 Å². The van der Waals surface area contributed by atoms with E-state index in [2.05, 4.69) is 0 Å². The third kappa shape index (κ3) is 2.88. The van der Waals surface area contributed by atoms with E-state index >= 15 is 0 Å². The van der Waals surface area contributed by atoms with Crippen molar-refractivity contribution in [1.82, 2.24) is 0 Å². The van der Waals surface area contributed by atoms with Crippen molar-refractivity contribution in [3.8, 4) is 0 Å². The molecular weight excluding hydrogens is 302 g/mol. The summed E-state index contributed by atoms with van der Waals surface area (Å²) in [5.74, 6) is -1.60. The number of fused-ring (bicyclic) bond motifs is 1. The standard InChI is InChI=1S/C13H9ClF2O3.C2H6/c14-9-7-3-6(5-1-2-5)4-8(12(15)16)10(7)19-11(9)13(17)18;1-2/h3-5,12H,1-2H2,(H,17,18);1-2H3. The van der Waals surface area contributed by atoms with Crippen LogP contribution in [0, 0.1) is 0 Å². The van der Waals surface area contributed by atoms with Crippen molar-refractivity contribution >= 4 is 28.5 Å². The fourth-order valence-electron chi connectivity index (χ4n) is 2.17. The van der Waals surface area contributed by atoms with E-state index in [1.165, 1.54) is 6.07 Å². The number of hydrogen-bond donors (Lipinski definition) is 1. The summed E-state index contributed by atoms with van der Waals surface area (Å²) in [6, 6.07) is 3.03. The molecule has 0 radical (unpaired) electrons. The van der Waals surface area contributed by atoms with E-state index in [1.54, 1.807) is 6.07 Å². The normalized spacial score (nSPS) is 14.2. The fourth-order valence-corrected chi connectivity index (χ4v) is 2.43. The van der Waals surface area contributed by atoms with Gasteiger partial charge in [-0.25, -0.2) is 13.6 Å². The van der Waals surface area contributed by atoms with Crippen molar-refractivity contribution < 1.29 is 23.1 Å². The molecule has 114 valence electrons. The van der Waals surface area contributed by atoms with Crippen LogP contribution >= 0.6 is 11.6 Å². The molecule has 1 aliphatic rings. The Balaban J connectivity index is 0.000000774. The van der Waals surface area contributed by atoms with Gasteiger partial charge in [-0.05, 0) is 36.5 Å². The number of furan rings is 1. The van der Waals surface area contributed by atoms with Crippen molar-refractivity contribution in [2.45, 2.75) is 39.0 Å². The molecule has 1 N–H and O–H groups in total. The van der Waals surface area contributed by atoms with Crippen molar-refractivity contribution in [2.75, 3.05) is 0 Å². The van der Waals surface area contributed by atoms with E-state index in [4.69, 9.17) is 21.1 Å². The minimum Gasteiger partial charge on any atom is -0.475 e. The molecule has 0 saturated heterocycles. The topological polar surface area (TPSA) is 50.4 Å². The molecule has 6 heteroatoms. The highest BCUT2D eigenvalue weighted by Crippen LogP contribution is 2.45. The van der Waals surface area contributed by atoms with Crippen LogP contribution in [-0.4, -0.2) is 11.1 Å². The molecule has 2 aromatic rings. The van der Waals surface area contributed by atoms with Gasteiger partial charge >= 0.3 is 5.97 Å². The number of carbonyl (C=O) groups is 1. The third-order valence-electron chi connectivity index (χ3n) is 3.26. The molecule has 1 heterocycles. The summed E-state index contributed by atoms with van der Waals surface area (Å²) in [5.41, 5.74) is 0.332. The van der Waals surface area contributed by atoms with Gasteiger partial charge in [0.15, 0.2) is 0 Å². The summed E-state index contributed by atoms with van der Waals surface area (Å²) in [4.78, 5) is 10.9. The van der Waals surface area contributed by atoms with Gasteiger partial charge < -0.3 is 9.52 Å². The molecule has 0 unspecified atom stereocenters. The van der Waals surface area contributed by atoms with Crippen LogP contribution in [0.4, 0.5) is 8.78 Å². The summed E-state index contributed by atoms with van der Waals surface area (Å²) in [7, 11) is 0. The molecule has 0 atom stereocenters. The second-order valence-electron chi connectivity index (χ2n) is 4.61. The Morgan fingerprint density at radius 1 is 1.38 bits per heavy atom. The van der Waals surface area contributed by atoms with Crippen LogP contribution in [0.3, 0.4) is 0 Å². The SMILES string of the molecule is CC.O=C(O)c1oc2c(C(F)F)cc(C3CC3)cc2c1Cl. The summed E-state index contributed by atoms with van der Waals surface area (Å²) in [6.07, 6.45) is -0.824. The number of benzene rings is 1. The highest BCUT2D eigenvalue weighted by molar-refractivity contribution is 6.38. The smallest absolute Gasteiger partial charge is 0.373 e. The van der Waals surface area contributed by atoms with Gasteiger partial charge in [0.05, 0.1) is 5.56 Å². The molecule has 1 aromatic carbocycles. The first-order chi connectivity index (χ1) is 9.99. The molecule has 1 aliphatic carbocycles. The highest BCUT2D eigenvalue weighted by Gasteiger charge is 2.29. The fraction of sp³-hybridized carbons (Fsp3) is 0.400. The van der Waals surface area contributed by atoms with Crippen LogP contribution in [0.1, 0.15) is 60.7 Å². The molecule has 1 saturated carbocycles. The molecule has 3 rings (SSSR count). The van der Waals surface area contributed by atoms with E-state index in [-0.39, 0.29) is 27.5 Å². The van der Waals surface area contributed by atoms with Gasteiger partial charge in [-0.2, -0.15) is 0 Å². The Bertz CT molecular complexity index is 675. The largest absolute Gasteiger partial charge is 0.475 e. The number of carboxylic acids is 1. The number of alkyl halides is 2. The number of aromatic carboxylic acids is 1. The maximum absolute atomic E-state index is 13.1. The number of carboxylic acid groups (broad SMARTS) is 1. The van der Waals surface area contributed by atoms with Crippen molar-refractivity contribution in [1.29, 1.82) is 0 Å². The highest BCUT2D eigenvalue weighted by atomic mass is 35.5. The van der Waals surface area contributed by atoms with Crippen molar-refractivity contribution in [3.05, 3.63) is 34.0 Å². The summed E-state index contributed by atoms with van der Waals surface area (Å²) in [5, 5.41) is 9.05. The van der Waals surface area contributed by atoms with E-state index in [0.29, 0.717) is 0 Å². The molecular formula is C15H15ClF2O3. The maximum atomic E-state index is 13.1. The third-order valence-corrected chi connectivity index (χ3v) is 3.63. The summed E-state index contributed by atoms with van der Waals surface area (Å²) < 4.78 is 31.1. The van der Waals surface area contributed by atoms with E-state index in [1.807, 2.05) is 13.8 Å². The zero-order chi connectivity index (χ0) is 15.7. The van der Waals surface area contributed by atoms with Gasteiger partial charge in [0.1, 0.15) is 10.6 Å². The molecule has 0 bridgehead atoms. The van der Waals surface area contributed by atoms with Gasteiger partial charge in [0.2, 0.25) is 5.76 Å². The molecule has 1 aromatic heterocycles. The lowest BCUT2D eigenvalue weighted by molar-refractivity contribution is 0.0664. The zero-order valence-corrected chi connectivity index (χ0v) is 12.4. The minimum absolute atomic E-state index is 0.119. The Kier molecular flexibility index (Phi) is 4.52. The average molecular weight is 317 g/mol. The Hall–Kier alpha value is -1.62. The predicted molar refractivity (Wildman–Crippen MR) is 76.5 cm³/mol. The molecule has 21 heavy (non-hydrogen) atoms.